The average Bonchev–Trinajstić information content (AvgIpc) is 2.52. The van der Waals surface area contributed by atoms with Gasteiger partial charge in [0.25, 0.3) is 0 Å². The average molecular weight is 276 g/mol. The molecule has 0 amide bonds. The minimum atomic E-state index is -0.269. The highest BCUT2D eigenvalue weighted by molar-refractivity contribution is 6.30. The molecule has 0 aliphatic heterocycles. The van der Waals surface area contributed by atoms with E-state index >= 15 is 0 Å². The van der Waals surface area contributed by atoms with Crippen LogP contribution in [0.15, 0.2) is 0 Å². The zero-order valence-corrected chi connectivity index (χ0v) is 12.2. The Morgan fingerprint density at radius 1 is 1.56 bits per heavy atom. The van der Waals surface area contributed by atoms with E-state index in [0.29, 0.717) is 24.7 Å². The van der Waals surface area contributed by atoms with Crippen LogP contribution in [-0.4, -0.2) is 40.7 Å². The second-order valence-corrected chi connectivity index (χ2v) is 5.16. The fourth-order valence-electron chi connectivity index (χ4n) is 1.95. The molecule has 6 heteroatoms. The number of halogens is 1. The molecule has 1 unspecified atom stereocenters. The minimum absolute atomic E-state index is 0.118. The number of hydrogen-bond donors (Lipinski definition) is 2. The van der Waals surface area contributed by atoms with Crippen molar-refractivity contribution < 1.29 is 9.84 Å². The van der Waals surface area contributed by atoms with Crippen molar-refractivity contribution in [2.75, 3.05) is 20.3 Å². The van der Waals surface area contributed by atoms with E-state index in [0.717, 1.165) is 11.3 Å². The van der Waals surface area contributed by atoms with Gasteiger partial charge in [0.1, 0.15) is 5.15 Å². The highest BCUT2D eigenvalue weighted by atomic mass is 35.5. The predicted molar refractivity (Wildman–Crippen MR) is 71.8 cm³/mol. The van der Waals surface area contributed by atoms with Crippen LogP contribution in [0, 0.1) is 6.92 Å². The van der Waals surface area contributed by atoms with Gasteiger partial charge in [-0.25, -0.2) is 0 Å². The van der Waals surface area contributed by atoms with E-state index in [1.54, 1.807) is 11.8 Å². The van der Waals surface area contributed by atoms with Gasteiger partial charge in [0.15, 0.2) is 0 Å². The molecule has 0 aliphatic rings. The molecule has 0 saturated heterocycles. The second-order valence-electron chi connectivity index (χ2n) is 4.80. The molecule has 0 aromatic carbocycles. The zero-order chi connectivity index (χ0) is 13.8. The minimum Gasteiger partial charge on any atom is -0.396 e. The Bertz CT molecular complexity index is 387. The SMILES string of the molecule is COCC(C)(CCO)NCc1c(C)nn(C)c1Cl. The molecule has 1 heterocycles. The van der Waals surface area contributed by atoms with Gasteiger partial charge in [0.05, 0.1) is 12.3 Å². The summed E-state index contributed by atoms with van der Waals surface area (Å²) >= 11 is 6.18. The van der Waals surface area contributed by atoms with E-state index < -0.39 is 0 Å². The number of aliphatic hydroxyl groups excluding tert-OH is 1. The lowest BCUT2D eigenvalue weighted by Gasteiger charge is -2.29. The number of hydrogen-bond acceptors (Lipinski definition) is 4. The first-order chi connectivity index (χ1) is 8.43. The van der Waals surface area contributed by atoms with E-state index in [1.165, 1.54) is 0 Å². The summed E-state index contributed by atoms with van der Waals surface area (Å²) in [4.78, 5) is 0. The van der Waals surface area contributed by atoms with E-state index in [1.807, 2.05) is 20.9 Å². The molecule has 1 rings (SSSR count). The third-order valence-electron chi connectivity index (χ3n) is 3.09. The summed E-state index contributed by atoms with van der Waals surface area (Å²) in [5.41, 5.74) is 1.63. The van der Waals surface area contributed by atoms with Crippen molar-refractivity contribution >= 4 is 11.6 Å². The number of rotatable bonds is 7. The molecule has 5 nitrogen and oxygen atoms in total. The summed E-state index contributed by atoms with van der Waals surface area (Å²) in [5.74, 6) is 0. The van der Waals surface area contributed by atoms with Gasteiger partial charge >= 0.3 is 0 Å². The van der Waals surface area contributed by atoms with Crippen molar-refractivity contribution in [1.29, 1.82) is 0 Å². The summed E-state index contributed by atoms with van der Waals surface area (Å²) in [5, 5.41) is 17.4. The van der Waals surface area contributed by atoms with Gasteiger partial charge in [-0.1, -0.05) is 11.6 Å². The molecule has 104 valence electrons. The van der Waals surface area contributed by atoms with Crippen molar-refractivity contribution in [3.8, 4) is 0 Å². The van der Waals surface area contributed by atoms with Crippen LogP contribution in [0.1, 0.15) is 24.6 Å². The molecule has 1 aromatic heterocycles. The molecule has 0 aliphatic carbocycles. The molecule has 1 atom stereocenters. The smallest absolute Gasteiger partial charge is 0.131 e. The quantitative estimate of drug-likeness (QED) is 0.787. The summed E-state index contributed by atoms with van der Waals surface area (Å²) < 4.78 is 6.85. The highest BCUT2D eigenvalue weighted by Gasteiger charge is 2.24. The number of aromatic nitrogens is 2. The maximum absolute atomic E-state index is 9.10. The fraction of sp³-hybridized carbons (Fsp3) is 0.750. The van der Waals surface area contributed by atoms with Gasteiger partial charge in [0.2, 0.25) is 0 Å². The number of aryl methyl sites for hydroxylation is 2. The Balaban J connectivity index is 2.72. The molecule has 0 saturated carbocycles. The molecule has 2 N–H and O–H groups in total. The van der Waals surface area contributed by atoms with E-state index in [4.69, 9.17) is 21.4 Å². The van der Waals surface area contributed by atoms with Gasteiger partial charge < -0.3 is 15.2 Å². The lowest BCUT2D eigenvalue weighted by atomic mass is 9.99. The van der Waals surface area contributed by atoms with Crippen molar-refractivity contribution in [2.45, 2.75) is 32.4 Å². The number of aliphatic hydroxyl groups is 1. The summed E-state index contributed by atoms with van der Waals surface area (Å²) in [7, 11) is 3.47. The van der Waals surface area contributed by atoms with Gasteiger partial charge in [-0.2, -0.15) is 5.10 Å². The lowest BCUT2D eigenvalue weighted by molar-refractivity contribution is 0.0969. The number of ether oxygens (including phenoxy) is 1. The first-order valence-corrected chi connectivity index (χ1v) is 6.34. The van der Waals surface area contributed by atoms with E-state index in [2.05, 4.69) is 10.4 Å². The number of methoxy groups -OCH3 is 1. The van der Waals surface area contributed by atoms with E-state index in [-0.39, 0.29) is 12.1 Å². The van der Waals surface area contributed by atoms with Crippen molar-refractivity contribution in [3.63, 3.8) is 0 Å². The predicted octanol–water partition coefficient (Wildman–Crippen LogP) is 1.26. The van der Waals surface area contributed by atoms with Crippen LogP contribution in [0.3, 0.4) is 0 Å². The standard InChI is InChI=1S/C12H22ClN3O2/c1-9-10(11(13)16(3)15-9)7-14-12(2,5-6-17)8-18-4/h14,17H,5-8H2,1-4H3. The second kappa shape index (κ2) is 6.52. The first-order valence-electron chi connectivity index (χ1n) is 5.96. The fourth-order valence-corrected chi connectivity index (χ4v) is 2.19. The molecule has 0 spiro atoms. The molecule has 1 aromatic rings. The largest absolute Gasteiger partial charge is 0.396 e. The highest BCUT2D eigenvalue weighted by Crippen LogP contribution is 2.20. The van der Waals surface area contributed by atoms with Gasteiger partial charge in [-0.15, -0.1) is 0 Å². The molecular weight excluding hydrogens is 254 g/mol. The maximum Gasteiger partial charge on any atom is 0.131 e. The molecular formula is C12H22ClN3O2. The summed E-state index contributed by atoms with van der Waals surface area (Å²) in [6.45, 7) is 5.21. The number of nitrogens with zero attached hydrogens (tertiary/aromatic N) is 2. The molecule has 0 radical (unpaired) electrons. The van der Waals surface area contributed by atoms with Crippen LogP contribution in [0.25, 0.3) is 0 Å². The topological polar surface area (TPSA) is 59.3 Å². The Kier molecular flexibility index (Phi) is 5.59. The molecule has 0 fully saturated rings. The Morgan fingerprint density at radius 3 is 2.67 bits per heavy atom. The molecule has 18 heavy (non-hydrogen) atoms. The Labute approximate surface area is 113 Å². The maximum atomic E-state index is 9.10. The molecule has 0 bridgehead atoms. The first kappa shape index (κ1) is 15.4. The van der Waals surface area contributed by atoms with Gasteiger partial charge in [0, 0.05) is 38.4 Å². The summed E-state index contributed by atoms with van der Waals surface area (Å²) in [6, 6.07) is 0. The van der Waals surface area contributed by atoms with E-state index in [9.17, 15) is 0 Å². The third-order valence-corrected chi connectivity index (χ3v) is 3.56. The van der Waals surface area contributed by atoms with Crippen LogP contribution in [-0.2, 0) is 18.3 Å². The Morgan fingerprint density at radius 2 is 2.22 bits per heavy atom. The van der Waals surface area contributed by atoms with Crippen molar-refractivity contribution in [1.82, 2.24) is 15.1 Å². The monoisotopic (exact) mass is 275 g/mol. The number of nitrogens with one attached hydrogen (secondary N) is 1. The normalized spacial score (nSPS) is 14.8. The van der Waals surface area contributed by atoms with Crippen molar-refractivity contribution in [2.24, 2.45) is 7.05 Å². The zero-order valence-electron chi connectivity index (χ0n) is 11.5. The van der Waals surface area contributed by atoms with Crippen LogP contribution in [0.5, 0.6) is 0 Å². The third kappa shape index (κ3) is 3.68. The van der Waals surface area contributed by atoms with Crippen LogP contribution < -0.4 is 5.32 Å². The van der Waals surface area contributed by atoms with Gasteiger partial charge in [-0.05, 0) is 20.3 Å². The van der Waals surface area contributed by atoms with Crippen molar-refractivity contribution in [3.05, 3.63) is 16.4 Å². The van der Waals surface area contributed by atoms with Crippen LogP contribution >= 0.6 is 11.6 Å². The van der Waals surface area contributed by atoms with Crippen LogP contribution in [0.2, 0.25) is 5.15 Å². The Hall–Kier alpha value is -0.620. The van der Waals surface area contributed by atoms with Gasteiger partial charge in [-0.3, -0.25) is 4.68 Å². The lowest BCUT2D eigenvalue weighted by Crippen LogP contribution is -2.46. The summed E-state index contributed by atoms with van der Waals surface area (Å²) in [6.07, 6.45) is 0.623. The van der Waals surface area contributed by atoms with Crippen LogP contribution in [0.4, 0.5) is 0 Å².